The van der Waals surface area contributed by atoms with Crippen LogP contribution in [0.25, 0.3) is 32.7 Å². The van der Waals surface area contributed by atoms with Crippen molar-refractivity contribution in [2.24, 2.45) is 0 Å². The summed E-state index contributed by atoms with van der Waals surface area (Å²) < 4.78 is 4.74. The molecule has 0 unspecified atom stereocenters. The van der Waals surface area contributed by atoms with E-state index in [4.69, 9.17) is 23.2 Å². The van der Waals surface area contributed by atoms with Crippen molar-refractivity contribution in [3.05, 3.63) is 167 Å². The summed E-state index contributed by atoms with van der Waals surface area (Å²) in [6, 6.07) is 33.9. The zero-order valence-corrected chi connectivity index (χ0v) is 38.0. The minimum Gasteiger partial charge on any atom is -0.147 e. The zero-order valence-electron chi connectivity index (χ0n) is 32.4. The number of allylic oxidation sites excluding steroid dienone is 4. The molecule has 0 radical (unpaired) electrons. The fraction of sp³-hybridized carbons (Fsp3) is 0.245. The number of hydrogen-bond donors (Lipinski definition) is 0. The maximum Gasteiger partial charge on any atom is -0.147 e. The predicted octanol–water partition coefficient (Wildman–Crippen LogP) is 14.3. The van der Waals surface area contributed by atoms with E-state index >= 15 is 0 Å². The van der Waals surface area contributed by atoms with Gasteiger partial charge in [-0.25, -0.2) is 0 Å². The van der Waals surface area contributed by atoms with E-state index in [1.807, 2.05) is 0 Å². The topological polar surface area (TPSA) is 0 Å². The van der Waals surface area contributed by atoms with Crippen LogP contribution in [0.5, 0.6) is 0 Å². The molecule has 6 aromatic carbocycles. The fourth-order valence-electron chi connectivity index (χ4n) is 8.99. The Morgan fingerprint density at radius 3 is 1.65 bits per heavy atom. The molecule has 0 spiro atoms. The van der Waals surface area contributed by atoms with E-state index < -0.39 is 21.3 Å². The number of aryl methyl sites for hydroxylation is 1. The van der Waals surface area contributed by atoms with Crippen molar-refractivity contribution >= 4 is 76.0 Å². The Kier molecular flexibility index (Phi) is 11.6. The molecule has 6 aromatic rings. The maximum absolute atomic E-state index is 6.97. The summed E-state index contributed by atoms with van der Waals surface area (Å²) in [5.74, 6) is 0. The average Bonchev–Trinajstić information content (AvgIpc) is 3.75. The Hall–Kier alpha value is -2.77. The molecule has 54 heavy (non-hydrogen) atoms. The Morgan fingerprint density at radius 2 is 1.15 bits per heavy atom. The molecule has 2 aliphatic rings. The van der Waals surface area contributed by atoms with Crippen molar-refractivity contribution in [1.82, 2.24) is 0 Å². The van der Waals surface area contributed by atoms with E-state index in [1.54, 1.807) is 12.1 Å². The van der Waals surface area contributed by atoms with Gasteiger partial charge in [-0.1, -0.05) is 0 Å². The smallest absolute Gasteiger partial charge is 0.147 e. The Labute approximate surface area is 351 Å². The molecule has 0 aromatic heterocycles. The molecule has 0 bridgehead atoms. The van der Waals surface area contributed by atoms with Gasteiger partial charge in [-0.3, -0.25) is 0 Å². The van der Waals surface area contributed by atoms with Gasteiger partial charge in [-0.15, -0.1) is 24.8 Å². The number of hydrogen-bond acceptors (Lipinski definition) is 0. The van der Waals surface area contributed by atoms with Gasteiger partial charge in [0.2, 0.25) is 0 Å². The summed E-state index contributed by atoms with van der Waals surface area (Å²) in [4.78, 5) is 0. The van der Waals surface area contributed by atoms with Gasteiger partial charge in [-0.05, 0) is 0 Å². The molecule has 5 heteroatoms. The molecule has 0 amide bonds. The summed E-state index contributed by atoms with van der Waals surface area (Å²) in [7, 11) is 0. The van der Waals surface area contributed by atoms with Gasteiger partial charge >= 0.3 is 330 Å². The fourth-order valence-corrected chi connectivity index (χ4v) is 18.0. The van der Waals surface area contributed by atoms with Crippen molar-refractivity contribution in [1.29, 1.82) is 0 Å². The van der Waals surface area contributed by atoms with Crippen LogP contribution >= 0.6 is 48.0 Å². The monoisotopic (exact) mass is 866 g/mol. The Balaban J connectivity index is 0.00000249. The van der Waals surface area contributed by atoms with Crippen LogP contribution in [0.1, 0.15) is 92.5 Å². The van der Waals surface area contributed by atoms with Crippen LogP contribution in [0.2, 0.25) is 10.0 Å². The zero-order chi connectivity index (χ0) is 36.7. The first-order valence-corrected chi connectivity index (χ1v) is 23.0. The van der Waals surface area contributed by atoms with Gasteiger partial charge in [0.1, 0.15) is 0 Å². The first-order valence-electron chi connectivity index (χ1n) is 18.5. The average molecular weight is 870 g/mol. The van der Waals surface area contributed by atoms with Crippen molar-refractivity contribution in [3.63, 3.8) is 0 Å². The molecule has 8 rings (SSSR count). The Bertz CT molecular complexity index is 2490. The maximum atomic E-state index is 6.97. The van der Waals surface area contributed by atoms with Crippen molar-refractivity contribution < 1.29 is 21.3 Å². The third kappa shape index (κ3) is 6.97. The van der Waals surface area contributed by atoms with E-state index in [-0.39, 0.29) is 35.6 Å². The van der Waals surface area contributed by atoms with E-state index in [0.29, 0.717) is 0 Å². The van der Waals surface area contributed by atoms with Crippen LogP contribution in [0.3, 0.4) is 0 Å². The molecular weight excluding hydrogens is 822 g/mol. The van der Waals surface area contributed by atoms with E-state index in [1.165, 1.54) is 64.0 Å². The molecule has 0 N–H and O–H groups in total. The second-order valence-corrected chi connectivity index (χ2v) is 23.5. The quantitative estimate of drug-likeness (QED) is 0.165. The number of rotatable bonds is 4. The largest absolute Gasteiger partial charge is 0.147 e. The SMILES string of the molecule is Cc1cc2c(cc1C(C)(C)C)-c1cc(C(C)(C)C)c(C)[c]([Zr]([C]3=CC=CC3)=[C](c3ccc(Cl)c4ccccc34)c3ccc(Cl)c4ccccc34)c1C2.Cl.Cl. The van der Waals surface area contributed by atoms with Gasteiger partial charge < -0.3 is 0 Å². The van der Waals surface area contributed by atoms with Crippen LogP contribution < -0.4 is 3.27 Å². The van der Waals surface area contributed by atoms with Gasteiger partial charge in [0.25, 0.3) is 0 Å². The molecule has 0 fully saturated rings. The number of halogens is 4. The van der Waals surface area contributed by atoms with E-state index in [2.05, 4.69) is 165 Å². The second-order valence-electron chi connectivity index (χ2n) is 16.8. The molecule has 0 heterocycles. The van der Waals surface area contributed by atoms with Crippen LogP contribution in [0, 0.1) is 13.8 Å². The molecule has 0 nitrogen and oxygen atoms in total. The molecule has 0 aliphatic heterocycles. The first kappa shape index (κ1) is 40.9. The van der Waals surface area contributed by atoms with Crippen LogP contribution in [-0.4, -0.2) is 3.21 Å². The van der Waals surface area contributed by atoms with Crippen LogP contribution in [-0.2, 0) is 38.5 Å². The van der Waals surface area contributed by atoms with Gasteiger partial charge in [0, 0.05) is 0 Å². The second kappa shape index (κ2) is 15.3. The summed E-state index contributed by atoms with van der Waals surface area (Å²) in [6.45, 7) is 18.9. The summed E-state index contributed by atoms with van der Waals surface area (Å²) >= 11 is 10.8. The van der Waals surface area contributed by atoms with Crippen molar-refractivity contribution in [3.8, 4) is 11.1 Å². The summed E-state index contributed by atoms with van der Waals surface area (Å²) in [5.41, 5.74) is 14.3. The summed E-state index contributed by atoms with van der Waals surface area (Å²) in [5, 5.41) is 6.20. The van der Waals surface area contributed by atoms with Crippen molar-refractivity contribution in [2.75, 3.05) is 0 Å². The van der Waals surface area contributed by atoms with Gasteiger partial charge in [-0.2, -0.15) is 0 Å². The molecular formula is C49H48Cl4Zr. The van der Waals surface area contributed by atoms with E-state index in [0.717, 1.165) is 33.7 Å². The van der Waals surface area contributed by atoms with Gasteiger partial charge in [0.05, 0.1) is 0 Å². The third-order valence-electron chi connectivity index (χ3n) is 11.3. The third-order valence-corrected chi connectivity index (χ3v) is 19.9. The summed E-state index contributed by atoms with van der Waals surface area (Å²) in [6.07, 6.45) is 9.08. The minimum atomic E-state index is -3.11. The molecule has 276 valence electrons. The molecule has 0 saturated carbocycles. The van der Waals surface area contributed by atoms with Crippen LogP contribution in [0.4, 0.5) is 0 Å². The predicted molar refractivity (Wildman–Crippen MR) is 239 cm³/mol. The number of fused-ring (bicyclic) bond motifs is 5. The normalized spacial score (nSPS) is 13.3. The standard InChI is InChI=1S/C23H29.C21H12Cl2.C5H5.2ClH.Zr/c1-14-9-16-11-17-10-15(2)21(23(6,7)8)13-19(17)18(16)12-20(14)22(3,4)5;22-20-11-9-14(16-5-1-3-7-18(16)20)13-15-10-12-21(23)19-8-4-2-6-17(15)19;1-2-4-5-3-1;;;/h9,12-13H,11H2,1-8H3;1-12H;1-3H,4H2;2*1H;. The minimum absolute atomic E-state index is 0. The molecule has 2 aliphatic carbocycles. The molecule has 0 saturated heterocycles. The van der Waals surface area contributed by atoms with Crippen molar-refractivity contribution in [2.45, 2.75) is 79.1 Å². The first-order chi connectivity index (χ1) is 24.7. The van der Waals surface area contributed by atoms with Gasteiger partial charge in [0.15, 0.2) is 0 Å². The Morgan fingerprint density at radius 1 is 0.630 bits per heavy atom. The van der Waals surface area contributed by atoms with E-state index in [9.17, 15) is 0 Å². The molecule has 0 atom stereocenters. The number of benzene rings is 6. The van der Waals surface area contributed by atoms with Crippen LogP contribution in [0.15, 0.2) is 113 Å².